The zero-order valence-corrected chi connectivity index (χ0v) is 17.7. The van der Waals surface area contributed by atoms with E-state index in [4.69, 9.17) is 0 Å². The summed E-state index contributed by atoms with van der Waals surface area (Å²) in [5.74, 6) is -0.439. The van der Waals surface area contributed by atoms with Gasteiger partial charge in [0.1, 0.15) is 5.82 Å². The maximum atomic E-state index is 13.4. The molecule has 3 aromatic rings. The van der Waals surface area contributed by atoms with Gasteiger partial charge in [-0.2, -0.15) is 4.57 Å². The van der Waals surface area contributed by atoms with Crippen LogP contribution in [0.1, 0.15) is 11.1 Å². The number of amides is 1. The molecule has 0 aliphatic carbocycles. The molecule has 1 radical (unpaired) electrons. The van der Waals surface area contributed by atoms with Crippen LogP contribution in [0.2, 0.25) is 0 Å². The number of carbonyl (C=O) groups is 1. The fraction of sp³-hybridized carbons (Fsp3) is 0.143. The summed E-state index contributed by atoms with van der Waals surface area (Å²) >= 11 is 0. The Morgan fingerprint density at radius 2 is 1.62 bits per heavy atom. The van der Waals surface area contributed by atoms with Crippen LogP contribution in [0.4, 0.5) is 10.1 Å². The average Bonchev–Trinajstić information content (AvgIpc) is 2.59. The molecular formula is C21H20FN2OY+. The molecule has 26 heavy (non-hydrogen) atoms. The molecule has 3 rings (SSSR count). The summed E-state index contributed by atoms with van der Waals surface area (Å²) in [4.78, 5) is 12.4. The third kappa shape index (κ3) is 5.06. The predicted molar refractivity (Wildman–Crippen MR) is 96.6 cm³/mol. The van der Waals surface area contributed by atoms with Crippen LogP contribution in [-0.2, 0) is 44.0 Å². The van der Waals surface area contributed by atoms with Crippen LogP contribution in [0.15, 0.2) is 67.0 Å². The van der Waals surface area contributed by atoms with E-state index in [1.807, 2.05) is 59.4 Å². The summed E-state index contributed by atoms with van der Waals surface area (Å²) in [6, 6.07) is 16.8. The molecule has 3 nitrogen and oxygen atoms in total. The Morgan fingerprint density at radius 3 is 2.27 bits per heavy atom. The largest absolute Gasteiger partial charge is 0.320 e. The summed E-state index contributed by atoms with van der Waals surface area (Å²) in [5, 5.41) is 2.89. The van der Waals surface area contributed by atoms with Crippen molar-refractivity contribution in [3.63, 3.8) is 0 Å². The van der Waals surface area contributed by atoms with Gasteiger partial charge in [-0.25, -0.2) is 4.39 Å². The molecular weight excluding hydrogens is 404 g/mol. The molecule has 1 N–H and O–H groups in total. The third-order valence-electron chi connectivity index (χ3n) is 4.05. The van der Waals surface area contributed by atoms with Crippen molar-refractivity contribution in [2.45, 2.75) is 20.4 Å². The Balaban J connectivity index is 0.00000243. The van der Waals surface area contributed by atoms with Gasteiger partial charge in [0, 0.05) is 50.0 Å². The van der Waals surface area contributed by atoms with Crippen LogP contribution in [0.3, 0.4) is 0 Å². The predicted octanol–water partition coefficient (Wildman–Crippen LogP) is 4.03. The first-order chi connectivity index (χ1) is 12.0. The number of anilines is 1. The van der Waals surface area contributed by atoms with Gasteiger partial charge in [-0.3, -0.25) is 4.79 Å². The number of aromatic nitrogens is 1. The van der Waals surface area contributed by atoms with Gasteiger partial charge < -0.3 is 5.32 Å². The van der Waals surface area contributed by atoms with E-state index in [0.29, 0.717) is 16.8 Å². The standard InChI is InChI=1S/C21H19FN2O.Y/c1-15-11-19(22)12-16(2)21(15)23-20(25)14-24-10-6-9-18(13-24)17-7-4-3-5-8-17;/h3-13H,14H2,1-2H3;/p+1. The summed E-state index contributed by atoms with van der Waals surface area (Å²) < 4.78 is 15.2. The number of rotatable bonds is 4. The second kappa shape index (κ2) is 9.15. The van der Waals surface area contributed by atoms with E-state index < -0.39 is 0 Å². The molecule has 5 heteroatoms. The van der Waals surface area contributed by atoms with Crippen LogP contribution >= 0.6 is 0 Å². The molecule has 0 fully saturated rings. The van der Waals surface area contributed by atoms with Gasteiger partial charge in [0.25, 0.3) is 5.91 Å². The molecule has 0 saturated heterocycles. The minimum Gasteiger partial charge on any atom is -0.320 e. The minimum atomic E-state index is -0.294. The molecule has 0 bridgehead atoms. The van der Waals surface area contributed by atoms with E-state index >= 15 is 0 Å². The summed E-state index contributed by atoms with van der Waals surface area (Å²) in [6.07, 6.45) is 3.80. The molecule has 0 unspecified atom stereocenters. The Bertz CT molecular complexity index is 890. The fourth-order valence-corrected chi connectivity index (χ4v) is 2.87. The number of carbonyl (C=O) groups excluding carboxylic acids is 1. The monoisotopic (exact) mass is 424 g/mol. The van der Waals surface area contributed by atoms with Crippen LogP contribution in [0.25, 0.3) is 11.1 Å². The van der Waals surface area contributed by atoms with Gasteiger partial charge in [0.2, 0.25) is 6.54 Å². The zero-order chi connectivity index (χ0) is 17.8. The number of nitrogens with zero attached hydrogens (tertiary/aromatic N) is 1. The van der Waals surface area contributed by atoms with Gasteiger partial charge in [-0.15, -0.1) is 0 Å². The smallest absolute Gasteiger partial charge is 0.290 e. The van der Waals surface area contributed by atoms with Gasteiger partial charge in [0.05, 0.1) is 0 Å². The molecule has 1 heterocycles. The van der Waals surface area contributed by atoms with Crippen molar-refractivity contribution in [2.75, 3.05) is 5.32 Å². The van der Waals surface area contributed by atoms with Crippen molar-refractivity contribution in [3.05, 3.63) is 83.9 Å². The number of pyridine rings is 1. The second-order valence-corrected chi connectivity index (χ2v) is 6.09. The molecule has 0 saturated carbocycles. The quantitative estimate of drug-likeness (QED) is 0.631. The zero-order valence-electron chi connectivity index (χ0n) is 14.9. The van der Waals surface area contributed by atoms with Crippen molar-refractivity contribution in [1.82, 2.24) is 0 Å². The third-order valence-corrected chi connectivity index (χ3v) is 4.05. The molecule has 1 aromatic heterocycles. The maximum absolute atomic E-state index is 13.4. The molecule has 0 atom stereocenters. The van der Waals surface area contributed by atoms with Crippen LogP contribution in [0, 0.1) is 19.7 Å². The number of benzene rings is 2. The first-order valence-electron chi connectivity index (χ1n) is 8.14. The number of aryl methyl sites for hydroxylation is 2. The van der Waals surface area contributed by atoms with Crippen molar-refractivity contribution in [3.8, 4) is 11.1 Å². The van der Waals surface area contributed by atoms with E-state index in [1.165, 1.54) is 12.1 Å². The number of hydrogen-bond acceptors (Lipinski definition) is 1. The maximum Gasteiger partial charge on any atom is 0.290 e. The van der Waals surface area contributed by atoms with Crippen molar-refractivity contribution >= 4 is 11.6 Å². The summed E-state index contributed by atoms with van der Waals surface area (Å²) in [7, 11) is 0. The molecule has 0 aliphatic rings. The molecule has 1 amide bonds. The number of nitrogens with one attached hydrogen (secondary N) is 1. The average molecular weight is 424 g/mol. The van der Waals surface area contributed by atoms with E-state index in [1.54, 1.807) is 13.8 Å². The SMILES string of the molecule is Cc1cc(F)cc(C)c1NC(=O)C[n+]1cccc(-c2ccccc2)c1.[Y]. The van der Waals surface area contributed by atoms with Crippen LogP contribution < -0.4 is 9.88 Å². The van der Waals surface area contributed by atoms with Crippen LogP contribution in [0.5, 0.6) is 0 Å². The van der Waals surface area contributed by atoms with Crippen LogP contribution in [-0.4, -0.2) is 5.91 Å². The summed E-state index contributed by atoms with van der Waals surface area (Å²) in [5.41, 5.74) is 4.25. The molecule has 129 valence electrons. The Morgan fingerprint density at radius 1 is 1.00 bits per heavy atom. The number of halogens is 1. The first kappa shape index (κ1) is 20.4. The summed E-state index contributed by atoms with van der Waals surface area (Å²) in [6.45, 7) is 3.76. The van der Waals surface area contributed by atoms with Gasteiger partial charge in [0.15, 0.2) is 12.4 Å². The molecule has 0 aliphatic heterocycles. The van der Waals surface area contributed by atoms with E-state index in [2.05, 4.69) is 5.32 Å². The van der Waals surface area contributed by atoms with E-state index in [-0.39, 0.29) is 51.0 Å². The Labute approximate surface area is 178 Å². The van der Waals surface area contributed by atoms with Gasteiger partial charge >= 0.3 is 0 Å². The minimum absolute atomic E-state index is 0. The topological polar surface area (TPSA) is 33.0 Å². The number of hydrogen-bond donors (Lipinski definition) is 1. The molecule has 2 aromatic carbocycles. The van der Waals surface area contributed by atoms with E-state index in [0.717, 1.165) is 11.1 Å². The van der Waals surface area contributed by atoms with Gasteiger partial charge in [-0.05, 0) is 48.7 Å². The second-order valence-electron chi connectivity index (χ2n) is 6.09. The fourth-order valence-electron chi connectivity index (χ4n) is 2.87. The Kier molecular flexibility index (Phi) is 7.18. The van der Waals surface area contributed by atoms with Crippen molar-refractivity contribution in [1.29, 1.82) is 0 Å². The first-order valence-corrected chi connectivity index (χ1v) is 8.14. The van der Waals surface area contributed by atoms with Crippen molar-refractivity contribution in [2.24, 2.45) is 0 Å². The van der Waals surface area contributed by atoms with E-state index in [9.17, 15) is 9.18 Å². The normalized spacial score (nSPS) is 10.1. The van der Waals surface area contributed by atoms with Crippen molar-refractivity contribution < 1.29 is 46.5 Å². The Hall–Kier alpha value is -1.91. The molecule has 0 spiro atoms. The van der Waals surface area contributed by atoms with Gasteiger partial charge in [-0.1, -0.05) is 30.3 Å².